The minimum absolute atomic E-state index is 0.0502. The van der Waals surface area contributed by atoms with Crippen LogP contribution in [0, 0.1) is 12.8 Å². The van der Waals surface area contributed by atoms with Gasteiger partial charge in [-0.25, -0.2) is 4.98 Å². The number of hydrogen-bond donors (Lipinski definition) is 1. The molecule has 4 aromatic rings. The van der Waals surface area contributed by atoms with Crippen molar-refractivity contribution in [2.24, 2.45) is 5.92 Å². The van der Waals surface area contributed by atoms with Gasteiger partial charge in [-0.1, -0.05) is 50.2 Å². The molecule has 4 rings (SSSR count). The summed E-state index contributed by atoms with van der Waals surface area (Å²) in [4.78, 5) is 18.0. The molecular formula is C29H33N3O3S. The zero-order chi connectivity index (χ0) is 25.7. The maximum Gasteiger partial charge on any atom is 0.253 e. The number of benzene rings is 2. The molecule has 0 aliphatic heterocycles. The van der Waals surface area contributed by atoms with Gasteiger partial charge in [-0.3, -0.25) is 4.79 Å². The lowest BCUT2D eigenvalue weighted by Gasteiger charge is -2.13. The molecule has 2 heterocycles. The summed E-state index contributed by atoms with van der Waals surface area (Å²) in [5.41, 5.74) is 5.65. The number of thiazole rings is 1. The average Bonchev–Trinajstić information content (AvgIpc) is 3.51. The third-order valence-corrected chi connectivity index (χ3v) is 7.03. The van der Waals surface area contributed by atoms with E-state index in [1.165, 1.54) is 0 Å². The summed E-state index contributed by atoms with van der Waals surface area (Å²) in [6.45, 7) is 7.53. The molecule has 2 aromatic heterocycles. The monoisotopic (exact) mass is 503 g/mol. The van der Waals surface area contributed by atoms with E-state index in [-0.39, 0.29) is 5.91 Å². The molecule has 6 nitrogen and oxygen atoms in total. The SMILES string of the molecule is COc1ccc(CCn2c(-c3csc(-c4ccccc4)n3)cc(C(=O)NCC(C)C)c2C)cc1OC. The van der Waals surface area contributed by atoms with Gasteiger partial charge in [0.25, 0.3) is 5.91 Å². The van der Waals surface area contributed by atoms with E-state index < -0.39 is 0 Å². The smallest absolute Gasteiger partial charge is 0.253 e. The van der Waals surface area contributed by atoms with E-state index in [2.05, 4.69) is 41.2 Å². The van der Waals surface area contributed by atoms with Crippen molar-refractivity contribution in [3.8, 4) is 33.5 Å². The number of carbonyl (C=O) groups is 1. The molecule has 1 N–H and O–H groups in total. The summed E-state index contributed by atoms with van der Waals surface area (Å²) in [6, 6.07) is 18.1. The highest BCUT2D eigenvalue weighted by Gasteiger charge is 2.20. The Balaban J connectivity index is 1.68. The Kier molecular flexibility index (Phi) is 8.10. The van der Waals surface area contributed by atoms with Crippen LogP contribution in [0.2, 0.25) is 0 Å². The highest BCUT2D eigenvalue weighted by molar-refractivity contribution is 7.13. The molecule has 188 valence electrons. The summed E-state index contributed by atoms with van der Waals surface area (Å²) in [5, 5.41) is 6.09. The molecule has 0 saturated carbocycles. The zero-order valence-electron chi connectivity index (χ0n) is 21.5. The first-order valence-corrected chi connectivity index (χ1v) is 13.0. The van der Waals surface area contributed by atoms with E-state index in [1.54, 1.807) is 25.6 Å². The number of ether oxygens (including phenoxy) is 2. The third-order valence-electron chi connectivity index (χ3n) is 6.14. The molecule has 2 aromatic carbocycles. The molecule has 0 fully saturated rings. The van der Waals surface area contributed by atoms with Crippen molar-refractivity contribution in [1.82, 2.24) is 14.9 Å². The van der Waals surface area contributed by atoms with Crippen LogP contribution in [-0.4, -0.2) is 36.2 Å². The van der Waals surface area contributed by atoms with Crippen molar-refractivity contribution >= 4 is 17.2 Å². The van der Waals surface area contributed by atoms with Gasteiger partial charge in [-0.05, 0) is 43.0 Å². The van der Waals surface area contributed by atoms with Gasteiger partial charge in [0.2, 0.25) is 0 Å². The summed E-state index contributed by atoms with van der Waals surface area (Å²) < 4.78 is 13.1. The van der Waals surface area contributed by atoms with E-state index in [1.807, 2.05) is 49.4 Å². The van der Waals surface area contributed by atoms with Gasteiger partial charge in [0.15, 0.2) is 11.5 Å². The molecule has 0 aliphatic rings. The number of carbonyl (C=O) groups excluding carboxylic acids is 1. The summed E-state index contributed by atoms with van der Waals surface area (Å²) in [7, 11) is 3.28. The largest absolute Gasteiger partial charge is 0.493 e. The zero-order valence-corrected chi connectivity index (χ0v) is 22.3. The van der Waals surface area contributed by atoms with Gasteiger partial charge >= 0.3 is 0 Å². The third kappa shape index (κ3) is 5.62. The van der Waals surface area contributed by atoms with Crippen LogP contribution in [-0.2, 0) is 13.0 Å². The number of nitrogens with zero attached hydrogens (tertiary/aromatic N) is 2. The van der Waals surface area contributed by atoms with E-state index in [4.69, 9.17) is 14.5 Å². The first kappa shape index (κ1) is 25.5. The molecular weight excluding hydrogens is 470 g/mol. The number of hydrogen-bond acceptors (Lipinski definition) is 5. The van der Waals surface area contributed by atoms with E-state index in [0.29, 0.717) is 36.1 Å². The van der Waals surface area contributed by atoms with Gasteiger partial charge in [0.05, 0.1) is 31.2 Å². The first-order valence-electron chi connectivity index (χ1n) is 12.1. The second kappa shape index (κ2) is 11.4. The van der Waals surface area contributed by atoms with Gasteiger partial charge in [0, 0.05) is 29.7 Å². The first-order chi connectivity index (χ1) is 17.4. The quantitative estimate of drug-likeness (QED) is 0.278. The Morgan fingerprint density at radius 3 is 2.50 bits per heavy atom. The van der Waals surface area contributed by atoms with Crippen LogP contribution in [0.15, 0.2) is 60.0 Å². The lowest BCUT2D eigenvalue weighted by molar-refractivity contribution is 0.0948. The predicted molar refractivity (Wildman–Crippen MR) is 146 cm³/mol. The Morgan fingerprint density at radius 1 is 1.06 bits per heavy atom. The van der Waals surface area contributed by atoms with Gasteiger partial charge in [-0.15, -0.1) is 11.3 Å². The Hall–Kier alpha value is -3.58. The van der Waals surface area contributed by atoms with Crippen molar-refractivity contribution in [1.29, 1.82) is 0 Å². The highest BCUT2D eigenvalue weighted by Crippen LogP contribution is 2.32. The van der Waals surface area contributed by atoms with Gasteiger partial charge in [-0.2, -0.15) is 0 Å². The van der Waals surface area contributed by atoms with Crippen molar-refractivity contribution in [3.05, 3.63) is 76.8 Å². The number of nitrogens with one attached hydrogen (secondary N) is 1. The van der Waals surface area contributed by atoms with Crippen LogP contribution in [0.1, 0.15) is 35.5 Å². The molecule has 0 unspecified atom stereocenters. The van der Waals surface area contributed by atoms with Gasteiger partial charge < -0.3 is 19.4 Å². The van der Waals surface area contributed by atoms with Crippen LogP contribution in [0.5, 0.6) is 11.5 Å². The maximum atomic E-state index is 13.0. The molecule has 7 heteroatoms. The van der Waals surface area contributed by atoms with E-state index in [9.17, 15) is 4.79 Å². The number of aryl methyl sites for hydroxylation is 1. The van der Waals surface area contributed by atoms with Crippen LogP contribution < -0.4 is 14.8 Å². The van der Waals surface area contributed by atoms with Gasteiger partial charge in [0.1, 0.15) is 5.01 Å². The molecule has 0 bridgehead atoms. The average molecular weight is 504 g/mol. The molecule has 0 saturated heterocycles. The Bertz CT molecular complexity index is 1330. The lowest BCUT2D eigenvalue weighted by atomic mass is 10.1. The highest BCUT2D eigenvalue weighted by atomic mass is 32.1. The van der Waals surface area contributed by atoms with Crippen molar-refractivity contribution in [3.63, 3.8) is 0 Å². The Labute approximate surface area is 216 Å². The number of amides is 1. The summed E-state index contributed by atoms with van der Waals surface area (Å²) >= 11 is 1.61. The molecule has 0 radical (unpaired) electrons. The number of aromatic nitrogens is 2. The number of rotatable bonds is 10. The van der Waals surface area contributed by atoms with Crippen molar-refractivity contribution in [2.45, 2.75) is 33.7 Å². The fourth-order valence-corrected chi connectivity index (χ4v) is 4.97. The second-order valence-corrected chi connectivity index (χ2v) is 9.99. The van der Waals surface area contributed by atoms with Crippen molar-refractivity contribution in [2.75, 3.05) is 20.8 Å². The topological polar surface area (TPSA) is 65.4 Å². The predicted octanol–water partition coefficient (Wildman–Crippen LogP) is 6.23. The molecule has 0 spiro atoms. The number of methoxy groups -OCH3 is 2. The molecule has 0 atom stereocenters. The second-order valence-electron chi connectivity index (χ2n) is 9.13. The summed E-state index contributed by atoms with van der Waals surface area (Å²) in [5.74, 6) is 1.75. The lowest BCUT2D eigenvalue weighted by Crippen LogP contribution is -2.27. The normalized spacial score (nSPS) is 11.1. The fraction of sp³-hybridized carbons (Fsp3) is 0.310. The maximum absolute atomic E-state index is 13.0. The van der Waals surface area contributed by atoms with Crippen LogP contribution in [0.25, 0.3) is 22.0 Å². The van der Waals surface area contributed by atoms with Crippen LogP contribution >= 0.6 is 11.3 Å². The Morgan fingerprint density at radius 2 is 1.81 bits per heavy atom. The molecule has 0 aliphatic carbocycles. The standard InChI is InChI=1S/C29H33N3O3S/c1-19(2)17-30-28(33)23-16-25(24-18-36-29(31-24)22-9-7-6-8-10-22)32(20(23)3)14-13-21-11-12-26(34-4)27(15-21)35-5/h6-12,15-16,18-19H,13-14,17H2,1-5H3,(H,30,33). The molecule has 1 amide bonds. The fourth-order valence-electron chi connectivity index (χ4n) is 4.15. The van der Waals surface area contributed by atoms with Crippen LogP contribution in [0.3, 0.4) is 0 Å². The van der Waals surface area contributed by atoms with E-state index >= 15 is 0 Å². The minimum Gasteiger partial charge on any atom is -0.493 e. The summed E-state index contributed by atoms with van der Waals surface area (Å²) in [6.07, 6.45) is 0.769. The molecule has 36 heavy (non-hydrogen) atoms. The van der Waals surface area contributed by atoms with Crippen LogP contribution in [0.4, 0.5) is 0 Å². The van der Waals surface area contributed by atoms with E-state index in [0.717, 1.165) is 39.6 Å². The van der Waals surface area contributed by atoms with Crippen molar-refractivity contribution < 1.29 is 14.3 Å². The minimum atomic E-state index is -0.0502.